The highest BCUT2D eigenvalue weighted by Crippen LogP contribution is 2.36. The Hall–Kier alpha value is -4.80. The summed E-state index contributed by atoms with van der Waals surface area (Å²) in [6, 6.07) is 20.8. The number of pyridine rings is 1. The molecule has 4 aromatic rings. The third-order valence-electron chi connectivity index (χ3n) is 6.39. The van der Waals surface area contributed by atoms with Gasteiger partial charge in [-0.1, -0.05) is 54.6 Å². The number of nitrogens with one attached hydrogen (secondary N) is 1. The van der Waals surface area contributed by atoms with E-state index in [0.717, 1.165) is 27.8 Å². The summed E-state index contributed by atoms with van der Waals surface area (Å²) >= 11 is 0. The van der Waals surface area contributed by atoms with Crippen LogP contribution >= 0.6 is 0 Å². The number of benzene rings is 3. The number of hydrogen-bond donors (Lipinski definition) is 3. The van der Waals surface area contributed by atoms with Crippen LogP contribution in [0.25, 0.3) is 11.1 Å². The lowest BCUT2D eigenvalue weighted by atomic mass is 9.97. The Morgan fingerprint density at radius 1 is 1.00 bits per heavy atom. The van der Waals surface area contributed by atoms with Crippen LogP contribution in [0.2, 0.25) is 0 Å². The van der Waals surface area contributed by atoms with Crippen molar-refractivity contribution in [1.29, 1.82) is 0 Å². The van der Waals surface area contributed by atoms with E-state index in [9.17, 15) is 25.1 Å². The molecule has 1 heterocycles. The molecule has 0 aliphatic carbocycles. The van der Waals surface area contributed by atoms with E-state index in [0.29, 0.717) is 5.56 Å². The Bertz CT molecular complexity index is 1460. The molecule has 0 radical (unpaired) electrons. The van der Waals surface area contributed by atoms with Gasteiger partial charge in [-0.15, -0.1) is 0 Å². The van der Waals surface area contributed by atoms with Crippen LogP contribution in [0.4, 0.5) is 5.69 Å². The van der Waals surface area contributed by atoms with Crippen molar-refractivity contribution in [2.24, 2.45) is 0 Å². The van der Waals surface area contributed by atoms with E-state index in [1.165, 1.54) is 12.1 Å². The van der Waals surface area contributed by atoms with Crippen LogP contribution in [0, 0.1) is 17.0 Å². The highest BCUT2D eigenvalue weighted by molar-refractivity contribution is 5.73. The number of rotatable bonds is 13. The standard InChI is InChI=1S/C30H29N3O7/c1-20-23(10-5-11-25(20)22-8-3-2-4-9-22)19-40-29-14-28(39-18-21-7-6-12-31-15-21)24(13-27(29)33(37)38)16-32-26(17-34)30(35)36/h2-15,26,32,34H,16-19H2,1H3,(H,35,36). The van der Waals surface area contributed by atoms with E-state index in [4.69, 9.17) is 9.47 Å². The molecule has 1 unspecified atom stereocenters. The molecule has 0 saturated heterocycles. The number of aliphatic hydroxyl groups excluding tert-OH is 1. The lowest BCUT2D eigenvalue weighted by Crippen LogP contribution is -2.39. The normalized spacial score (nSPS) is 11.6. The first-order valence-corrected chi connectivity index (χ1v) is 12.5. The van der Waals surface area contributed by atoms with Gasteiger partial charge < -0.3 is 19.7 Å². The van der Waals surface area contributed by atoms with Crippen LogP contribution in [0.1, 0.15) is 22.3 Å². The third kappa shape index (κ3) is 6.99. The summed E-state index contributed by atoms with van der Waals surface area (Å²) in [6.07, 6.45) is 3.27. The number of ether oxygens (including phenoxy) is 2. The van der Waals surface area contributed by atoms with Gasteiger partial charge in [0.15, 0.2) is 0 Å². The third-order valence-corrected chi connectivity index (χ3v) is 6.39. The lowest BCUT2D eigenvalue weighted by molar-refractivity contribution is -0.386. The zero-order valence-corrected chi connectivity index (χ0v) is 21.8. The molecule has 40 heavy (non-hydrogen) atoms. The molecular formula is C30H29N3O7. The van der Waals surface area contributed by atoms with Gasteiger partial charge in [0.1, 0.15) is 25.0 Å². The van der Waals surface area contributed by atoms with Gasteiger partial charge in [-0.05, 0) is 35.2 Å². The number of hydrogen-bond acceptors (Lipinski definition) is 8. The maximum Gasteiger partial charge on any atom is 0.323 e. The van der Waals surface area contributed by atoms with Crippen molar-refractivity contribution in [3.63, 3.8) is 0 Å². The molecule has 0 saturated carbocycles. The number of nitro groups is 1. The van der Waals surface area contributed by atoms with Crippen LogP contribution < -0.4 is 14.8 Å². The van der Waals surface area contributed by atoms with E-state index < -0.39 is 23.5 Å². The molecule has 0 fully saturated rings. The maximum absolute atomic E-state index is 12.0. The monoisotopic (exact) mass is 543 g/mol. The largest absolute Gasteiger partial charge is 0.488 e. The Morgan fingerprint density at radius 3 is 2.45 bits per heavy atom. The first-order valence-electron chi connectivity index (χ1n) is 12.5. The number of aliphatic hydroxyl groups is 1. The molecule has 10 nitrogen and oxygen atoms in total. The van der Waals surface area contributed by atoms with Gasteiger partial charge in [-0.3, -0.25) is 25.2 Å². The number of nitrogens with zero attached hydrogens (tertiary/aromatic N) is 2. The summed E-state index contributed by atoms with van der Waals surface area (Å²) in [5.41, 5.74) is 4.77. The highest BCUT2D eigenvalue weighted by atomic mass is 16.6. The Morgan fingerprint density at radius 2 is 1.77 bits per heavy atom. The SMILES string of the molecule is Cc1c(COc2cc(OCc3cccnc3)c(CNC(CO)C(=O)O)cc2[N+](=O)[O-])cccc1-c1ccccc1. The van der Waals surface area contributed by atoms with Crippen molar-refractivity contribution in [3.05, 3.63) is 118 Å². The molecule has 4 rings (SSSR count). The van der Waals surface area contributed by atoms with Gasteiger partial charge in [0.25, 0.3) is 0 Å². The van der Waals surface area contributed by atoms with Crippen LogP contribution in [-0.4, -0.2) is 38.7 Å². The van der Waals surface area contributed by atoms with E-state index >= 15 is 0 Å². The topological polar surface area (TPSA) is 144 Å². The molecular weight excluding hydrogens is 514 g/mol. The number of carbonyl (C=O) groups is 1. The predicted molar refractivity (Wildman–Crippen MR) is 148 cm³/mol. The quantitative estimate of drug-likeness (QED) is 0.162. The lowest BCUT2D eigenvalue weighted by Gasteiger charge is -2.17. The summed E-state index contributed by atoms with van der Waals surface area (Å²) in [5.74, 6) is -0.965. The fraction of sp³-hybridized carbons (Fsp3) is 0.200. The molecule has 206 valence electrons. The summed E-state index contributed by atoms with van der Waals surface area (Å²) in [4.78, 5) is 26.9. The summed E-state index contributed by atoms with van der Waals surface area (Å²) in [7, 11) is 0. The van der Waals surface area contributed by atoms with E-state index in [-0.39, 0.29) is 36.9 Å². The predicted octanol–water partition coefficient (Wildman–Crippen LogP) is 4.66. The number of carboxylic acid groups (broad SMARTS) is 1. The number of aliphatic carboxylic acids is 1. The van der Waals surface area contributed by atoms with Crippen molar-refractivity contribution in [2.75, 3.05) is 6.61 Å². The summed E-state index contributed by atoms with van der Waals surface area (Å²) in [6.45, 7) is 1.44. The maximum atomic E-state index is 12.0. The second kappa shape index (κ2) is 13.3. The minimum Gasteiger partial charge on any atom is -0.488 e. The zero-order chi connectivity index (χ0) is 28.5. The summed E-state index contributed by atoms with van der Waals surface area (Å²) in [5, 5.41) is 33.3. The van der Waals surface area contributed by atoms with Crippen molar-refractivity contribution < 1.29 is 29.4 Å². The average Bonchev–Trinajstić information content (AvgIpc) is 2.97. The molecule has 0 spiro atoms. The fourth-order valence-electron chi connectivity index (χ4n) is 4.16. The molecule has 1 aromatic heterocycles. The van der Waals surface area contributed by atoms with E-state index in [1.807, 2.05) is 61.5 Å². The second-order valence-corrected chi connectivity index (χ2v) is 9.03. The zero-order valence-electron chi connectivity index (χ0n) is 21.8. The second-order valence-electron chi connectivity index (χ2n) is 9.03. The molecule has 0 aliphatic rings. The smallest absolute Gasteiger partial charge is 0.323 e. The number of aromatic nitrogens is 1. The van der Waals surface area contributed by atoms with Gasteiger partial charge in [0.05, 0.1) is 11.5 Å². The van der Waals surface area contributed by atoms with Crippen LogP contribution in [0.5, 0.6) is 11.5 Å². The molecule has 0 amide bonds. The van der Waals surface area contributed by atoms with Gasteiger partial charge in [-0.2, -0.15) is 0 Å². The van der Waals surface area contributed by atoms with Crippen LogP contribution in [0.3, 0.4) is 0 Å². The van der Waals surface area contributed by atoms with Crippen molar-refractivity contribution in [2.45, 2.75) is 32.7 Å². The highest BCUT2D eigenvalue weighted by Gasteiger charge is 2.23. The van der Waals surface area contributed by atoms with Gasteiger partial charge in [0.2, 0.25) is 5.75 Å². The molecule has 0 bridgehead atoms. The van der Waals surface area contributed by atoms with Crippen LogP contribution in [0.15, 0.2) is 85.2 Å². The van der Waals surface area contributed by atoms with Crippen molar-refractivity contribution >= 4 is 11.7 Å². The van der Waals surface area contributed by atoms with Crippen molar-refractivity contribution in [1.82, 2.24) is 10.3 Å². The summed E-state index contributed by atoms with van der Waals surface area (Å²) < 4.78 is 12.0. The number of nitro benzene ring substituents is 1. The Balaban J connectivity index is 1.64. The molecule has 1 atom stereocenters. The van der Waals surface area contributed by atoms with E-state index in [1.54, 1.807) is 18.5 Å². The van der Waals surface area contributed by atoms with Gasteiger partial charge in [0, 0.05) is 42.2 Å². The van der Waals surface area contributed by atoms with Gasteiger partial charge >= 0.3 is 11.7 Å². The van der Waals surface area contributed by atoms with Gasteiger partial charge in [-0.25, -0.2) is 0 Å². The molecule has 3 N–H and O–H groups in total. The average molecular weight is 544 g/mol. The van der Waals surface area contributed by atoms with Crippen molar-refractivity contribution in [3.8, 4) is 22.6 Å². The Labute approximate surface area is 231 Å². The van der Waals surface area contributed by atoms with Crippen LogP contribution in [-0.2, 0) is 24.6 Å². The Kier molecular flexibility index (Phi) is 9.39. The number of carboxylic acids is 1. The molecule has 0 aliphatic heterocycles. The fourth-order valence-corrected chi connectivity index (χ4v) is 4.16. The minimum atomic E-state index is -1.25. The van der Waals surface area contributed by atoms with E-state index in [2.05, 4.69) is 10.3 Å². The molecule has 3 aromatic carbocycles. The first kappa shape index (κ1) is 28.2. The first-order chi connectivity index (χ1) is 19.4. The molecule has 10 heteroatoms. The minimum absolute atomic E-state index is 0.0105.